The number of benzene rings is 2. The van der Waals surface area contributed by atoms with Crippen LogP contribution in [0.25, 0.3) is 0 Å². The van der Waals surface area contributed by atoms with E-state index in [9.17, 15) is 41.0 Å². The smallest absolute Gasteiger partial charge is 0.416 e. The molecule has 2 atom stereocenters. The molecule has 15 heteroatoms. The molecular formula is C35H39F6N3O6. The lowest BCUT2D eigenvalue weighted by molar-refractivity contribution is -0.149. The third-order valence-corrected chi connectivity index (χ3v) is 8.41. The fourth-order valence-corrected chi connectivity index (χ4v) is 5.64. The van der Waals surface area contributed by atoms with Crippen LogP contribution < -0.4 is 14.5 Å². The lowest BCUT2D eigenvalue weighted by Gasteiger charge is -2.44. The number of halogens is 6. The summed E-state index contributed by atoms with van der Waals surface area (Å²) in [5.74, 6) is -0.552. The Morgan fingerprint density at radius 3 is 2.18 bits per heavy atom. The molecule has 50 heavy (non-hydrogen) atoms. The number of fused-ring (bicyclic) bond motifs is 1. The topological polar surface area (TPSA) is 101 Å². The van der Waals surface area contributed by atoms with Crippen molar-refractivity contribution in [2.24, 2.45) is 5.41 Å². The average Bonchev–Trinajstić information content (AvgIpc) is 3.05. The lowest BCUT2D eigenvalue weighted by Crippen LogP contribution is -2.48. The maximum absolute atomic E-state index is 13.9. The van der Waals surface area contributed by atoms with Crippen LogP contribution in [-0.4, -0.2) is 55.1 Å². The number of rotatable bonds is 12. The van der Waals surface area contributed by atoms with E-state index in [1.807, 2.05) is 6.92 Å². The van der Waals surface area contributed by atoms with Gasteiger partial charge in [-0.05, 0) is 81.1 Å². The molecule has 3 aromatic rings. The van der Waals surface area contributed by atoms with E-state index in [4.69, 9.17) is 14.2 Å². The van der Waals surface area contributed by atoms with Gasteiger partial charge in [-0.2, -0.15) is 26.3 Å². The first-order chi connectivity index (χ1) is 23.3. The van der Waals surface area contributed by atoms with E-state index in [1.165, 1.54) is 32.1 Å². The minimum atomic E-state index is -5.04. The van der Waals surface area contributed by atoms with Crippen molar-refractivity contribution in [3.05, 3.63) is 82.5 Å². The van der Waals surface area contributed by atoms with Crippen LogP contribution in [0.5, 0.6) is 5.75 Å². The van der Waals surface area contributed by atoms with E-state index in [1.54, 1.807) is 42.2 Å². The molecule has 1 aliphatic heterocycles. The molecule has 0 fully saturated rings. The number of nitrogens with zero attached hydrogens (tertiary/aromatic N) is 3. The standard InChI is InChI=1S/C35H39F6N3O6/c1-6-25-17-29(27-13-21(2)7-9-28(27)44(25)32(47)50-20-33(3,4)31(45)46)43(30-10-8-26(18-42-30)49-12-11-48-5)19-22-14-23(34(36,37)38)16-24(15-22)35(39,40)41/h7-10,13-16,18,25,29H,6,11-12,17,19-20H2,1-5H3,(H,45,46)/t25-,29+/m1/s1. The normalized spacial score (nSPS) is 16.5. The second-order valence-electron chi connectivity index (χ2n) is 12.7. The summed E-state index contributed by atoms with van der Waals surface area (Å²) in [5.41, 5.74) is -2.78. The Hall–Kier alpha value is -4.53. The molecule has 4 rings (SSSR count). The highest BCUT2D eigenvalue weighted by Gasteiger charge is 2.41. The molecule has 272 valence electrons. The number of aryl methyl sites for hydroxylation is 1. The van der Waals surface area contributed by atoms with Crippen molar-refractivity contribution in [2.75, 3.05) is 36.7 Å². The molecule has 1 amide bonds. The number of hydrogen-bond acceptors (Lipinski definition) is 7. The summed E-state index contributed by atoms with van der Waals surface area (Å²) < 4.78 is 99.3. The van der Waals surface area contributed by atoms with Crippen molar-refractivity contribution in [1.29, 1.82) is 0 Å². The maximum Gasteiger partial charge on any atom is 0.416 e. The molecule has 1 N–H and O–H groups in total. The Kier molecular flexibility index (Phi) is 11.6. The zero-order chi connectivity index (χ0) is 37.0. The SMILES string of the molecule is CC[C@@H]1C[C@H](N(Cc2cc(C(F)(F)F)cc(C(F)(F)F)c2)c2ccc(OCCOC)cn2)c2cc(C)ccc2N1C(=O)OCC(C)(C)C(=O)O. The summed E-state index contributed by atoms with van der Waals surface area (Å²) in [6.07, 6.45) is -8.91. The third-order valence-electron chi connectivity index (χ3n) is 8.41. The molecule has 0 radical (unpaired) electrons. The number of alkyl halides is 6. The monoisotopic (exact) mass is 711 g/mol. The molecule has 0 saturated heterocycles. The number of aromatic nitrogens is 1. The molecule has 1 aliphatic rings. The second kappa shape index (κ2) is 15.2. The van der Waals surface area contributed by atoms with Crippen molar-refractivity contribution >= 4 is 23.6 Å². The Morgan fingerprint density at radius 1 is 0.980 bits per heavy atom. The summed E-state index contributed by atoms with van der Waals surface area (Å²) in [6, 6.07) is 8.60. The zero-order valence-electron chi connectivity index (χ0n) is 28.2. The summed E-state index contributed by atoms with van der Waals surface area (Å²) in [7, 11) is 1.51. The molecule has 2 aromatic carbocycles. The van der Waals surface area contributed by atoms with E-state index in [-0.39, 0.29) is 30.5 Å². The van der Waals surface area contributed by atoms with Crippen molar-refractivity contribution in [3.63, 3.8) is 0 Å². The van der Waals surface area contributed by atoms with Crippen LogP contribution in [0.2, 0.25) is 0 Å². The number of pyridine rings is 1. The van der Waals surface area contributed by atoms with Gasteiger partial charge in [-0.3, -0.25) is 9.69 Å². The Bertz CT molecular complexity index is 1630. The summed E-state index contributed by atoms with van der Waals surface area (Å²) in [4.78, 5) is 32.8. The van der Waals surface area contributed by atoms with Crippen molar-refractivity contribution in [1.82, 2.24) is 4.98 Å². The van der Waals surface area contributed by atoms with Gasteiger partial charge in [0.2, 0.25) is 0 Å². The van der Waals surface area contributed by atoms with E-state index < -0.39 is 66.2 Å². The molecule has 0 bridgehead atoms. The minimum Gasteiger partial charge on any atom is -0.490 e. The number of amides is 1. The minimum absolute atomic E-state index is 0.0831. The highest BCUT2D eigenvalue weighted by Crippen LogP contribution is 2.45. The van der Waals surface area contributed by atoms with E-state index >= 15 is 0 Å². The van der Waals surface area contributed by atoms with Crippen molar-refractivity contribution in [3.8, 4) is 5.75 Å². The highest BCUT2D eigenvalue weighted by atomic mass is 19.4. The molecule has 0 spiro atoms. The van der Waals surface area contributed by atoms with Gasteiger partial charge in [0.05, 0.1) is 41.1 Å². The van der Waals surface area contributed by atoms with Gasteiger partial charge in [0, 0.05) is 19.7 Å². The fourth-order valence-electron chi connectivity index (χ4n) is 5.64. The highest BCUT2D eigenvalue weighted by molar-refractivity contribution is 5.91. The number of anilines is 2. The Balaban J connectivity index is 1.84. The van der Waals surface area contributed by atoms with E-state index in [0.717, 1.165) is 5.56 Å². The van der Waals surface area contributed by atoms with Crippen LogP contribution >= 0.6 is 0 Å². The number of hydrogen-bond donors (Lipinski definition) is 1. The summed E-state index contributed by atoms with van der Waals surface area (Å²) >= 11 is 0. The first kappa shape index (κ1) is 38.3. The largest absolute Gasteiger partial charge is 0.490 e. The molecule has 0 saturated carbocycles. The summed E-state index contributed by atoms with van der Waals surface area (Å²) in [5, 5.41) is 9.52. The number of carboxylic acid groups (broad SMARTS) is 1. The first-order valence-corrected chi connectivity index (χ1v) is 15.8. The molecule has 0 unspecified atom stereocenters. The van der Waals surface area contributed by atoms with Gasteiger partial charge in [-0.15, -0.1) is 0 Å². The molecule has 2 heterocycles. The van der Waals surface area contributed by atoms with Crippen LogP contribution in [0.3, 0.4) is 0 Å². The van der Waals surface area contributed by atoms with Crippen LogP contribution in [0.4, 0.5) is 42.6 Å². The van der Waals surface area contributed by atoms with Gasteiger partial charge in [-0.25, -0.2) is 9.78 Å². The van der Waals surface area contributed by atoms with Crippen LogP contribution in [-0.2, 0) is 33.2 Å². The van der Waals surface area contributed by atoms with Crippen LogP contribution in [0.15, 0.2) is 54.7 Å². The predicted octanol–water partition coefficient (Wildman–Crippen LogP) is 8.44. The summed E-state index contributed by atoms with van der Waals surface area (Å²) in [6.45, 7) is 6.15. The van der Waals surface area contributed by atoms with Gasteiger partial charge < -0.3 is 24.2 Å². The fraction of sp³-hybridized carbons (Fsp3) is 0.457. The second-order valence-corrected chi connectivity index (χ2v) is 12.7. The predicted molar refractivity (Wildman–Crippen MR) is 172 cm³/mol. The van der Waals surface area contributed by atoms with E-state index in [0.29, 0.717) is 42.2 Å². The average molecular weight is 712 g/mol. The van der Waals surface area contributed by atoms with Crippen molar-refractivity contribution in [2.45, 2.75) is 71.5 Å². The number of methoxy groups -OCH3 is 1. The third kappa shape index (κ3) is 8.97. The van der Waals surface area contributed by atoms with Gasteiger partial charge in [-0.1, -0.05) is 24.6 Å². The van der Waals surface area contributed by atoms with Crippen molar-refractivity contribution < 1.29 is 55.2 Å². The van der Waals surface area contributed by atoms with Crippen LogP contribution in [0, 0.1) is 12.3 Å². The lowest BCUT2D eigenvalue weighted by atomic mass is 9.87. The number of carbonyl (C=O) groups excluding carboxylic acids is 1. The molecule has 1 aromatic heterocycles. The molecular weight excluding hydrogens is 672 g/mol. The van der Waals surface area contributed by atoms with E-state index in [2.05, 4.69) is 4.98 Å². The number of aliphatic carboxylic acids is 1. The van der Waals surface area contributed by atoms with Gasteiger partial charge in [0.1, 0.15) is 24.8 Å². The number of carbonyl (C=O) groups is 2. The van der Waals surface area contributed by atoms with Gasteiger partial charge in [0.25, 0.3) is 0 Å². The molecule has 0 aliphatic carbocycles. The first-order valence-electron chi connectivity index (χ1n) is 15.8. The Labute approximate surface area is 285 Å². The number of carboxylic acids is 1. The quantitative estimate of drug-likeness (QED) is 0.148. The van der Waals surface area contributed by atoms with Gasteiger partial charge >= 0.3 is 24.4 Å². The van der Waals surface area contributed by atoms with Crippen LogP contribution in [0.1, 0.15) is 67.5 Å². The molecule has 9 nitrogen and oxygen atoms in total. The number of ether oxygens (including phenoxy) is 3. The Morgan fingerprint density at radius 2 is 1.64 bits per heavy atom. The zero-order valence-corrected chi connectivity index (χ0v) is 28.2. The van der Waals surface area contributed by atoms with Gasteiger partial charge in [0.15, 0.2) is 0 Å². The maximum atomic E-state index is 13.9.